The van der Waals surface area contributed by atoms with Gasteiger partial charge in [0.2, 0.25) is 0 Å². The van der Waals surface area contributed by atoms with Gasteiger partial charge in [0, 0.05) is 33.4 Å². The number of carbonyl (C=O) groups excluding carboxylic acids is 1. The van der Waals surface area contributed by atoms with E-state index in [1.807, 2.05) is 84.9 Å². The summed E-state index contributed by atoms with van der Waals surface area (Å²) >= 11 is 1.78. The maximum Gasteiger partial charge on any atom is 0.255 e. The molecule has 194 valence electrons. The van der Waals surface area contributed by atoms with E-state index in [1.54, 1.807) is 23.9 Å². The highest BCUT2D eigenvalue weighted by Gasteiger charge is 2.38. The van der Waals surface area contributed by atoms with Crippen LogP contribution in [0.25, 0.3) is 0 Å². The number of hydrogen-bond acceptors (Lipinski definition) is 5. The molecule has 4 atom stereocenters. The van der Waals surface area contributed by atoms with Crippen molar-refractivity contribution in [1.82, 2.24) is 0 Å². The summed E-state index contributed by atoms with van der Waals surface area (Å²) in [5.74, 6) is 0.759. The number of benzene rings is 4. The smallest absolute Gasteiger partial charge is 0.255 e. The standard InChI is InChI=1S/C32H31NO4S/c1-22-29(21-38-28-10-6-3-7-11-28)36-32(37-30(22)24-14-12-23(20-34)13-15-24)26-16-18-27(19-17-26)33-31(35)25-8-4-2-5-9-25/h2-19,22,29-30,32,34H,20-21H2,1H3,(H,33,35). The van der Waals surface area contributed by atoms with Crippen LogP contribution in [0.1, 0.15) is 46.4 Å². The van der Waals surface area contributed by atoms with E-state index in [4.69, 9.17) is 9.47 Å². The van der Waals surface area contributed by atoms with Crippen LogP contribution in [0.5, 0.6) is 0 Å². The quantitative estimate of drug-likeness (QED) is 0.242. The van der Waals surface area contributed by atoms with E-state index in [-0.39, 0.29) is 30.6 Å². The number of carbonyl (C=O) groups is 1. The summed E-state index contributed by atoms with van der Waals surface area (Å²) in [5, 5.41) is 12.4. The molecule has 1 aliphatic rings. The number of aliphatic hydroxyl groups is 1. The normalized spacial score (nSPS) is 21.1. The Labute approximate surface area is 227 Å². The van der Waals surface area contributed by atoms with Crippen LogP contribution in [0, 0.1) is 5.92 Å². The molecule has 5 rings (SSSR count). The van der Waals surface area contributed by atoms with Crippen molar-refractivity contribution in [2.75, 3.05) is 11.1 Å². The Kier molecular flexibility index (Phi) is 8.56. The third-order valence-electron chi connectivity index (χ3n) is 6.76. The zero-order valence-electron chi connectivity index (χ0n) is 21.2. The lowest BCUT2D eigenvalue weighted by molar-refractivity contribution is -0.268. The van der Waals surface area contributed by atoms with Crippen LogP contribution in [0.3, 0.4) is 0 Å². The second-order valence-corrected chi connectivity index (χ2v) is 10.5. The molecule has 0 radical (unpaired) electrons. The van der Waals surface area contributed by atoms with Crippen molar-refractivity contribution in [2.45, 2.75) is 36.9 Å². The molecule has 6 heteroatoms. The highest BCUT2D eigenvalue weighted by Crippen LogP contribution is 2.43. The van der Waals surface area contributed by atoms with Crippen LogP contribution in [0.2, 0.25) is 0 Å². The molecule has 38 heavy (non-hydrogen) atoms. The summed E-state index contributed by atoms with van der Waals surface area (Å²) in [6.07, 6.45) is -0.756. The number of nitrogens with one attached hydrogen (secondary N) is 1. The average Bonchev–Trinajstić information content (AvgIpc) is 2.98. The zero-order valence-corrected chi connectivity index (χ0v) is 22.0. The number of amides is 1. The Morgan fingerprint density at radius 1 is 0.816 bits per heavy atom. The van der Waals surface area contributed by atoms with Gasteiger partial charge in [0.25, 0.3) is 5.91 Å². The molecule has 4 aromatic carbocycles. The van der Waals surface area contributed by atoms with Gasteiger partial charge in [-0.1, -0.05) is 79.7 Å². The minimum absolute atomic E-state index is 0.0105. The SMILES string of the molecule is CC1C(CSc2ccccc2)OC(c2ccc(NC(=O)c3ccccc3)cc2)OC1c1ccc(CO)cc1. The topological polar surface area (TPSA) is 67.8 Å². The number of rotatable bonds is 8. The van der Waals surface area contributed by atoms with Gasteiger partial charge in [0.05, 0.1) is 18.8 Å². The van der Waals surface area contributed by atoms with Gasteiger partial charge in [-0.25, -0.2) is 0 Å². The molecule has 4 aromatic rings. The molecule has 4 unspecified atom stereocenters. The third-order valence-corrected chi connectivity index (χ3v) is 7.86. The Morgan fingerprint density at radius 3 is 2.11 bits per heavy atom. The molecule has 0 bridgehead atoms. The molecule has 0 aromatic heterocycles. The Morgan fingerprint density at radius 2 is 1.45 bits per heavy atom. The fraction of sp³-hybridized carbons (Fsp3) is 0.219. The van der Waals surface area contributed by atoms with Crippen LogP contribution in [-0.2, 0) is 16.1 Å². The van der Waals surface area contributed by atoms with Crippen LogP contribution in [-0.4, -0.2) is 22.9 Å². The fourth-order valence-electron chi connectivity index (χ4n) is 4.52. The molecule has 5 nitrogen and oxygen atoms in total. The first kappa shape index (κ1) is 26.2. The molecule has 1 amide bonds. The van der Waals surface area contributed by atoms with E-state index < -0.39 is 6.29 Å². The maximum atomic E-state index is 12.5. The number of ether oxygens (including phenoxy) is 2. The molecular formula is C32H31NO4S. The number of aliphatic hydroxyl groups excluding tert-OH is 1. The fourth-order valence-corrected chi connectivity index (χ4v) is 5.61. The molecule has 0 saturated carbocycles. The van der Waals surface area contributed by atoms with Gasteiger partial charge in [-0.15, -0.1) is 11.8 Å². The lowest BCUT2D eigenvalue weighted by Crippen LogP contribution is -2.38. The van der Waals surface area contributed by atoms with Gasteiger partial charge in [-0.3, -0.25) is 4.79 Å². The third kappa shape index (κ3) is 6.34. The lowest BCUT2D eigenvalue weighted by atomic mass is 9.91. The van der Waals surface area contributed by atoms with Gasteiger partial charge >= 0.3 is 0 Å². The Bertz CT molecular complexity index is 1310. The first-order chi connectivity index (χ1) is 18.6. The van der Waals surface area contributed by atoms with Crippen LogP contribution >= 0.6 is 11.8 Å². The van der Waals surface area contributed by atoms with E-state index in [1.165, 1.54) is 4.90 Å². The Hall–Kier alpha value is -3.42. The summed E-state index contributed by atoms with van der Waals surface area (Å²) in [5.41, 5.74) is 4.14. The number of thioether (sulfide) groups is 1. The molecule has 1 saturated heterocycles. The van der Waals surface area contributed by atoms with E-state index >= 15 is 0 Å². The molecule has 0 spiro atoms. The Balaban J connectivity index is 1.34. The van der Waals surface area contributed by atoms with Crippen molar-refractivity contribution in [3.63, 3.8) is 0 Å². The lowest BCUT2D eigenvalue weighted by Gasteiger charge is -2.41. The average molecular weight is 526 g/mol. The summed E-state index contributed by atoms with van der Waals surface area (Å²) in [4.78, 5) is 13.7. The van der Waals surface area contributed by atoms with Crippen molar-refractivity contribution in [3.8, 4) is 0 Å². The van der Waals surface area contributed by atoms with Gasteiger partial charge in [-0.05, 0) is 47.5 Å². The first-order valence-corrected chi connectivity index (χ1v) is 13.7. The van der Waals surface area contributed by atoms with E-state index in [0.29, 0.717) is 11.3 Å². The highest BCUT2D eigenvalue weighted by molar-refractivity contribution is 7.99. The minimum atomic E-state index is -0.547. The van der Waals surface area contributed by atoms with Gasteiger partial charge < -0.3 is 19.9 Å². The van der Waals surface area contributed by atoms with Gasteiger partial charge in [0.1, 0.15) is 0 Å². The van der Waals surface area contributed by atoms with E-state index in [9.17, 15) is 9.90 Å². The van der Waals surface area contributed by atoms with Crippen LogP contribution < -0.4 is 5.32 Å². The summed E-state index contributed by atoms with van der Waals surface area (Å²) in [6, 6.07) is 35.0. The monoisotopic (exact) mass is 525 g/mol. The van der Waals surface area contributed by atoms with E-state index in [0.717, 1.165) is 22.4 Å². The summed E-state index contributed by atoms with van der Waals surface area (Å²) < 4.78 is 13.1. The molecule has 2 N–H and O–H groups in total. The number of anilines is 1. The second kappa shape index (κ2) is 12.4. The van der Waals surface area contributed by atoms with Gasteiger partial charge in [-0.2, -0.15) is 0 Å². The summed E-state index contributed by atoms with van der Waals surface area (Å²) in [6.45, 7) is 2.18. The van der Waals surface area contributed by atoms with Crippen molar-refractivity contribution >= 4 is 23.4 Å². The van der Waals surface area contributed by atoms with Crippen molar-refractivity contribution in [2.24, 2.45) is 5.92 Å². The van der Waals surface area contributed by atoms with Crippen molar-refractivity contribution < 1.29 is 19.4 Å². The molecule has 1 aliphatic heterocycles. The van der Waals surface area contributed by atoms with Crippen molar-refractivity contribution in [1.29, 1.82) is 0 Å². The van der Waals surface area contributed by atoms with Gasteiger partial charge in [0.15, 0.2) is 6.29 Å². The molecule has 1 fully saturated rings. The minimum Gasteiger partial charge on any atom is -0.392 e. The van der Waals surface area contributed by atoms with E-state index in [2.05, 4.69) is 24.4 Å². The first-order valence-electron chi connectivity index (χ1n) is 12.8. The predicted octanol–water partition coefficient (Wildman–Crippen LogP) is 7.01. The summed E-state index contributed by atoms with van der Waals surface area (Å²) in [7, 11) is 0. The largest absolute Gasteiger partial charge is 0.392 e. The molecular weight excluding hydrogens is 494 g/mol. The molecule has 0 aliphatic carbocycles. The predicted molar refractivity (Wildman–Crippen MR) is 151 cm³/mol. The second-order valence-electron chi connectivity index (χ2n) is 9.39. The molecule has 1 heterocycles. The van der Waals surface area contributed by atoms with Crippen molar-refractivity contribution in [3.05, 3.63) is 131 Å². The number of hydrogen-bond donors (Lipinski definition) is 2. The maximum absolute atomic E-state index is 12.5. The highest BCUT2D eigenvalue weighted by atomic mass is 32.2. The van der Waals surface area contributed by atoms with Crippen LogP contribution in [0.15, 0.2) is 114 Å². The van der Waals surface area contributed by atoms with Crippen LogP contribution in [0.4, 0.5) is 5.69 Å². The zero-order chi connectivity index (χ0) is 26.3.